The number of rotatable bonds is 4. The van der Waals surface area contributed by atoms with E-state index in [4.69, 9.17) is 4.74 Å². The number of amides is 2. The minimum Gasteiger partial charge on any atom is -0.423 e. The summed E-state index contributed by atoms with van der Waals surface area (Å²) in [5, 5.41) is 10.8. The molecule has 150 valence electrons. The molecule has 1 saturated carbocycles. The van der Waals surface area contributed by atoms with E-state index in [2.05, 4.69) is 0 Å². The molecule has 0 N–H and O–H groups in total. The van der Waals surface area contributed by atoms with Crippen LogP contribution in [0.4, 0.5) is 11.4 Å². The Morgan fingerprint density at radius 3 is 2.17 bits per heavy atom. The van der Waals surface area contributed by atoms with Gasteiger partial charge < -0.3 is 4.74 Å². The van der Waals surface area contributed by atoms with Crippen molar-refractivity contribution in [2.45, 2.75) is 6.42 Å². The Hall–Kier alpha value is -3.81. The number of nitro groups is 1. The lowest BCUT2D eigenvalue weighted by molar-refractivity contribution is -0.384. The number of hydrogen-bond donors (Lipinski definition) is 0. The van der Waals surface area contributed by atoms with Gasteiger partial charge in [-0.25, -0.2) is 9.69 Å². The number of fused-ring (bicyclic) bond motifs is 5. The van der Waals surface area contributed by atoms with Crippen molar-refractivity contribution in [3.63, 3.8) is 0 Å². The summed E-state index contributed by atoms with van der Waals surface area (Å²) in [6, 6.07) is 11.4. The van der Waals surface area contributed by atoms with Crippen molar-refractivity contribution in [3.05, 3.63) is 76.4 Å². The molecule has 8 nitrogen and oxygen atoms in total. The van der Waals surface area contributed by atoms with Gasteiger partial charge in [0.2, 0.25) is 11.8 Å². The summed E-state index contributed by atoms with van der Waals surface area (Å²) >= 11 is 0. The summed E-state index contributed by atoms with van der Waals surface area (Å²) in [5.41, 5.74) is 0.157. The van der Waals surface area contributed by atoms with E-state index in [-0.39, 0.29) is 58.2 Å². The van der Waals surface area contributed by atoms with Crippen LogP contribution in [-0.2, 0) is 9.59 Å². The summed E-state index contributed by atoms with van der Waals surface area (Å²) in [6.07, 6.45) is 4.84. The molecule has 2 aliphatic carbocycles. The molecule has 2 bridgehead atoms. The van der Waals surface area contributed by atoms with E-state index in [1.165, 1.54) is 30.3 Å². The molecule has 3 aliphatic rings. The molecule has 0 aromatic heterocycles. The largest absolute Gasteiger partial charge is 0.423 e. The summed E-state index contributed by atoms with van der Waals surface area (Å²) in [5.74, 6) is -1.79. The third-order valence-corrected chi connectivity index (χ3v) is 6.09. The summed E-state index contributed by atoms with van der Waals surface area (Å²) in [6.45, 7) is 0. The number of ether oxygens (including phenoxy) is 1. The van der Waals surface area contributed by atoms with E-state index in [0.717, 1.165) is 11.3 Å². The first kappa shape index (κ1) is 18.2. The maximum absolute atomic E-state index is 13.1. The van der Waals surface area contributed by atoms with Crippen molar-refractivity contribution in [1.82, 2.24) is 0 Å². The highest BCUT2D eigenvalue weighted by Crippen LogP contribution is 2.53. The van der Waals surface area contributed by atoms with Gasteiger partial charge in [0.15, 0.2) is 0 Å². The zero-order valence-electron chi connectivity index (χ0n) is 15.6. The Balaban J connectivity index is 1.43. The third kappa shape index (κ3) is 2.64. The van der Waals surface area contributed by atoms with Gasteiger partial charge in [-0.3, -0.25) is 19.7 Å². The second kappa shape index (κ2) is 6.62. The Morgan fingerprint density at radius 2 is 1.57 bits per heavy atom. The van der Waals surface area contributed by atoms with Crippen molar-refractivity contribution in [1.29, 1.82) is 0 Å². The standard InChI is InChI=1S/C22H16N2O6/c25-20-18-12-5-6-13(11-12)19(18)21(26)23(20)17-4-2-1-3-16(17)22(27)30-15-9-7-14(8-10-15)24(28)29/h1-10,12-13,18-19H,11H2/t12-,13+,18-,19-/m0/s1. The molecule has 2 amide bonds. The zero-order valence-corrected chi connectivity index (χ0v) is 15.6. The monoisotopic (exact) mass is 404 g/mol. The highest BCUT2D eigenvalue weighted by molar-refractivity contribution is 6.24. The highest BCUT2D eigenvalue weighted by Gasteiger charge is 2.59. The number of carbonyl (C=O) groups excluding carboxylic acids is 3. The second-order valence-corrected chi connectivity index (χ2v) is 7.67. The van der Waals surface area contributed by atoms with E-state index in [0.29, 0.717) is 0 Å². The van der Waals surface area contributed by atoms with E-state index < -0.39 is 10.9 Å². The number of imide groups is 1. The number of nitrogens with zero attached hydrogens (tertiary/aromatic N) is 2. The minimum atomic E-state index is -0.752. The number of esters is 1. The molecule has 2 fully saturated rings. The number of benzene rings is 2. The number of allylic oxidation sites excluding steroid dienone is 2. The molecule has 4 atom stereocenters. The van der Waals surface area contributed by atoms with Crippen LogP contribution in [0.5, 0.6) is 5.75 Å². The first-order valence-electron chi connectivity index (χ1n) is 9.57. The molecule has 1 aliphatic heterocycles. The average Bonchev–Trinajstić information content (AvgIpc) is 3.42. The van der Waals surface area contributed by atoms with Crippen LogP contribution in [0, 0.1) is 33.8 Å². The molecular weight excluding hydrogens is 388 g/mol. The topological polar surface area (TPSA) is 107 Å². The summed E-state index contributed by atoms with van der Waals surface area (Å²) in [7, 11) is 0. The number of carbonyl (C=O) groups is 3. The lowest BCUT2D eigenvalue weighted by Crippen LogP contribution is -2.34. The molecule has 30 heavy (non-hydrogen) atoms. The Bertz CT molecular complexity index is 1090. The molecular formula is C22H16N2O6. The normalized spacial score (nSPS) is 26.2. The summed E-state index contributed by atoms with van der Waals surface area (Å²) in [4.78, 5) is 50.3. The average molecular weight is 404 g/mol. The van der Waals surface area contributed by atoms with Crippen LogP contribution in [-0.4, -0.2) is 22.7 Å². The first-order valence-corrected chi connectivity index (χ1v) is 9.57. The lowest BCUT2D eigenvalue weighted by Gasteiger charge is -2.19. The van der Waals surface area contributed by atoms with Crippen LogP contribution in [0.1, 0.15) is 16.8 Å². The number of non-ortho nitro benzene ring substituents is 1. The molecule has 2 aromatic rings. The van der Waals surface area contributed by atoms with Gasteiger partial charge in [0.1, 0.15) is 5.75 Å². The SMILES string of the molecule is O=C(Oc1ccc([N+](=O)[O-])cc1)c1ccccc1N1C(=O)[C@@H]2[C@@H](C1=O)[C@H]1C=C[C@@H]2C1. The Labute approximate surface area is 170 Å². The van der Waals surface area contributed by atoms with Gasteiger partial charge in [0, 0.05) is 12.1 Å². The molecule has 0 spiro atoms. The predicted octanol–water partition coefficient (Wildman–Crippen LogP) is 3.13. The Morgan fingerprint density at radius 1 is 0.967 bits per heavy atom. The summed E-state index contributed by atoms with van der Waals surface area (Å²) < 4.78 is 5.33. The van der Waals surface area contributed by atoms with Gasteiger partial charge in [-0.2, -0.15) is 0 Å². The fourth-order valence-electron chi connectivity index (χ4n) is 4.78. The van der Waals surface area contributed by atoms with Crippen molar-refractivity contribution in [3.8, 4) is 5.75 Å². The van der Waals surface area contributed by atoms with E-state index in [1.807, 2.05) is 12.2 Å². The Kier molecular flexibility index (Phi) is 4.02. The molecule has 0 unspecified atom stereocenters. The molecule has 0 radical (unpaired) electrons. The highest BCUT2D eigenvalue weighted by atomic mass is 16.6. The maximum Gasteiger partial charge on any atom is 0.345 e. The van der Waals surface area contributed by atoms with Gasteiger partial charge in [0.05, 0.1) is 28.0 Å². The second-order valence-electron chi connectivity index (χ2n) is 7.67. The fraction of sp³-hybridized carbons (Fsp3) is 0.227. The molecule has 1 saturated heterocycles. The van der Waals surface area contributed by atoms with Crippen LogP contribution in [0.2, 0.25) is 0 Å². The molecule has 5 rings (SSSR count). The van der Waals surface area contributed by atoms with E-state index >= 15 is 0 Å². The fourth-order valence-corrected chi connectivity index (χ4v) is 4.78. The van der Waals surface area contributed by atoms with Crippen LogP contribution >= 0.6 is 0 Å². The molecule has 1 heterocycles. The van der Waals surface area contributed by atoms with Gasteiger partial charge in [-0.05, 0) is 42.5 Å². The lowest BCUT2D eigenvalue weighted by atomic mass is 9.85. The van der Waals surface area contributed by atoms with Gasteiger partial charge in [-0.15, -0.1) is 0 Å². The van der Waals surface area contributed by atoms with Gasteiger partial charge >= 0.3 is 5.97 Å². The minimum absolute atomic E-state index is 0.0701. The van der Waals surface area contributed by atoms with Crippen LogP contribution < -0.4 is 9.64 Å². The quantitative estimate of drug-likeness (QED) is 0.194. The maximum atomic E-state index is 13.1. The van der Waals surface area contributed by atoms with Gasteiger partial charge in [0.25, 0.3) is 5.69 Å². The van der Waals surface area contributed by atoms with Crippen LogP contribution in [0.3, 0.4) is 0 Å². The number of hydrogen-bond acceptors (Lipinski definition) is 6. The number of anilines is 1. The smallest absolute Gasteiger partial charge is 0.345 e. The van der Waals surface area contributed by atoms with E-state index in [1.54, 1.807) is 18.2 Å². The van der Waals surface area contributed by atoms with Gasteiger partial charge in [-0.1, -0.05) is 24.3 Å². The molecule has 8 heteroatoms. The molecule has 2 aromatic carbocycles. The number of nitro benzene ring substituents is 1. The third-order valence-electron chi connectivity index (χ3n) is 6.09. The predicted molar refractivity (Wildman–Crippen MR) is 105 cm³/mol. The van der Waals surface area contributed by atoms with Crippen LogP contribution in [0.15, 0.2) is 60.7 Å². The van der Waals surface area contributed by atoms with Crippen LogP contribution in [0.25, 0.3) is 0 Å². The van der Waals surface area contributed by atoms with E-state index in [9.17, 15) is 24.5 Å². The van der Waals surface area contributed by atoms with Crippen molar-refractivity contribution >= 4 is 29.2 Å². The zero-order chi connectivity index (χ0) is 21.0. The first-order chi connectivity index (χ1) is 14.5. The number of para-hydroxylation sites is 1. The van der Waals surface area contributed by atoms with Crippen molar-refractivity contribution in [2.24, 2.45) is 23.7 Å². The van der Waals surface area contributed by atoms with Crippen molar-refractivity contribution < 1.29 is 24.0 Å². The van der Waals surface area contributed by atoms with Crippen molar-refractivity contribution in [2.75, 3.05) is 4.90 Å².